The molecule has 174 valence electrons. The van der Waals surface area contributed by atoms with Gasteiger partial charge in [-0.1, -0.05) is 30.3 Å². The van der Waals surface area contributed by atoms with Crippen LogP contribution in [-0.4, -0.2) is 25.8 Å². The van der Waals surface area contributed by atoms with Crippen LogP contribution in [0, 0.1) is 11.3 Å². The molecular weight excluding hydrogens is 450 g/mol. The lowest BCUT2D eigenvalue weighted by molar-refractivity contribution is 0.0935. The van der Waals surface area contributed by atoms with Gasteiger partial charge in [0.1, 0.15) is 0 Å². The van der Waals surface area contributed by atoms with Crippen LogP contribution in [-0.2, 0) is 0 Å². The van der Waals surface area contributed by atoms with Crippen LogP contribution in [0.3, 0.4) is 0 Å². The highest BCUT2D eigenvalue weighted by molar-refractivity contribution is 5.98. The van der Waals surface area contributed by atoms with E-state index in [-0.39, 0.29) is 17.6 Å². The zero-order valence-electron chi connectivity index (χ0n) is 19.4. The molecular formula is C28H21N7O. The van der Waals surface area contributed by atoms with Gasteiger partial charge in [-0.05, 0) is 49.4 Å². The van der Waals surface area contributed by atoms with Gasteiger partial charge < -0.3 is 11.1 Å². The van der Waals surface area contributed by atoms with Gasteiger partial charge in [-0.3, -0.25) is 14.8 Å². The average Bonchev–Trinajstić information content (AvgIpc) is 2.93. The van der Waals surface area contributed by atoms with Crippen LogP contribution in [0.25, 0.3) is 33.4 Å². The Bertz CT molecular complexity index is 1630. The third kappa shape index (κ3) is 4.45. The molecule has 1 unspecified atom stereocenters. The lowest BCUT2D eigenvalue weighted by Crippen LogP contribution is -2.29. The number of hydrogen-bond acceptors (Lipinski definition) is 7. The highest BCUT2D eigenvalue weighted by atomic mass is 16.2. The van der Waals surface area contributed by atoms with Gasteiger partial charge in [0.25, 0.3) is 5.91 Å². The number of nitrogens with one attached hydrogen (secondary N) is 1. The Hall–Kier alpha value is -5.16. The number of nitrogens with two attached hydrogens (primary N) is 1. The van der Waals surface area contributed by atoms with Crippen molar-refractivity contribution in [3.63, 3.8) is 0 Å². The van der Waals surface area contributed by atoms with Crippen LogP contribution in [0.2, 0.25) is 0 Å². The molecule has 0 fully saturated rings. The van der Waals surface area contributed by atoms with Crippen molar-refractivity contribution < 1.29 is 4.79 Å². The van der Waals surface area contributed by atoms with E-state index in [2.05, 4.69) is 26.3 Å². The Kier molecular flexibility index (Phi) is 6.03. The van der Waals surface area contributed by atoms with Gasteiger partial charge in [0.15, 0.2) is 11.5 Å². The van der Waals surface area contributed by atoms with E-state index in [0.717, 1.165) is 16.5 Å². The minimum absolute atomic E-state index is 0.00992. The molecule has 1 amide bonds. The fraction of sp³-hybridized carbons (Fsp3) is 0.0714. The van der Waals surface area contributed by atoms with E-state index < -0.39 is 5.91 Å². The van der Waals surface area contributed by atoms with Crippen LogP contribution >= 0.6 is 0 Å². The first-order chi connectivity index (χ1) is 17.5. The summed E-state index contributed by atoms with van der Waals surface area (Å²) in [6.45, 7) is 1.84. The van der Waals surface area contributed by atoms with Crippen molar-refractivity contribution >= 4 is 22.6 Å². The molecule has 3 heterocycles. The van der Waals surface area contributed by atoms with Gasteiger partial charge in [-0.25, -0.2) is 9.97 Å². The molecule has 3 N–H and O–H groups in total. The molecule has 0 aliphatic carbocycles. The maximum atomic E-state index is 13.2. The maximum Gasteiger partial charge on any atom is 0.274 e. The lowest BCUT2D eigenvalue weighted by atomic mass is 10.0. The quantitative estimate of drug-likeness (QED) is 0.380. The van der Waals surface area contributed by atoms with E-state index in [1.165, 1.54) is 0 Å². The molecule has 3 aromatic heterocycles. The number of nitrogens with zero attached hydrogens (tertiary/aromatic N) is 5. The number of nitrogen functional groups attached to an aromatic ring is 1. The zero-order valence-corrected chi connectivity index (χ0v) is 19.4. The fourth-order valence-electron chi connectivity index (χ4n) is 3.95. The van der Waals surface area contributed by atoms with Gasteiger partial charge in [0, 0.05) is 28.9 Å². The van der Waals surface area contributed by atoms with Crippen LogP contribution in [0.15, 0.2) is 85.2 Å². The van der Waals surface area contributed by atoms with Crippen LogP contribution in [0.5, 0.6) is 0 Å². The number of nitriles is 1. The molecule has 0 spiro atoms. The number of aromatic nitrogens is 4. The minimum atomic E-state index is -0.459. The van der Waals surface area contributed by atoms with Crippen molar-refractivity contribution in [1.29, 1.82) is 5.26 Å². The first kappa shape index (κ1) is 22.6. The monoisotopic (exact) mass is 471 g/mol. The SMILES string of the molecule is CC(NC(=O)c1nc(-c2ccc3ncccc3c2)c(-c2cccc(C#N)c2)nc1N)c1ccccn1. The summed E-state index contributed by atoms with van der Waals surface area (Å²) in [5, 5.41) is 13.2. The largest absolute Gasteiger partial charge is 0.382 e. The van der Waals surface area contributed by atoms with Crippen molar-refractivity contribution in [2.45, 2.75) is 13.0 Å². The normalized spacial score (nSPS) is 11.6. The van der Waals surface area contributed by atoms with Crippen molar-refractivity contribution in [2.24, 2.45) is 0 Å². The van der Waals surface area contributed by atoms with Gasteiger partial charge in [0.05, 0.1) is 40.3 Å². The number of fused-ring (bicyclic) bond motifs is 1. The second-order valence-corrected chi connectivity index (χ2v) is 8.21. The molecule has 0 saturated carbocycles. The predicted molar refractivity (Wildman–Crippen MR) is 137 cm³/mol. The summed E-state index contributed by atoms with van der Waals surface area (Å²) >= 11 is 0. The predicted octanol–water partition coefficient (Wildman–Crippen LogP) is 4.70. The summed E-state index contributed by atoms with van der Waals surface area (Å²) in [7, 11) is 0. The van der Waals surface area contributed by atoms with E-state index in [4.69, 9.17) is 10.7 Å². The number of amides is 1. The second kappa shape index (κ2) is 9.60. The smallest absolute Gasteiger partial charge is 0.274 e. The van der Waals surface area contributed by atoms with Crippen LogP contribution < -0.4 is 11.1 Å². The number of rotatable bonds is 5. The molecule has 0 aliphatic heterocycles. The second-order valence-electron chi connectivity index (χ2n) is 8.21. The molecule has 0 bridgehead atoms. The summed E-state index contributed by atoms with van der Waals surface area (Å²) in [6.07, 6.45) is 3.40. The Morgan fingerprint density at radius 1 is 0.917 bits per heavy atom. The van der Waals surface area contributed by atoms with E-state index in [1.807, 2.05) is 61.5 Å². The van der Waals surface area contributed by atoms with Crippen molar-refractivity contribution in [3.8, 4) is 28.6 Å². The van der Waals surface area contributed by atoms with Crippen LogP contribution in [0.4, 0.5) is 5.82 Å². The number of carbonyl (C=O) groups excluding carboxylic acids is 1. The number of hydrogen-bond donors (Lipinski definition) is 2. The third-order valence-electron chi connectivity index (χ3n) is 5.76. The van der Waals surface area contributed by atoms with Gasteiger partial charge >= 0.3 is 0 Å². The molecule has 8 nitrogen and oxygen atoms in total. The number of pyridine rings is 2. The summed E-state index contributed by atoms with van der Waals surface area (Å²) in [5.41, 5.74) is 10.7. The lowest BCUT2D eigenvalue weighted by Gasteiger charge is -2.16. The summed E-state index contributed by atoms with van der Waals surface area (Å²) < 4.78 is 0. The van der Waals surface area contributed by atoms with Gasteiger partial charge in [-0.15, -0.1) is 0 Å². The Labute approximate surface area is 207 Å². The standard InChI is InChI=1S/C28H21N7O/c1-17(22-9-2-3-12-31-22)33-28(36)26-27(30)35-25(20-7-4-6-18(14-20)16-29)24(34-26)21-10-11-23-19(15-21)8-5-13-32-23/h2-15,17H,1H3,(H2,30,35)(H,33,36). The molecule has 2 aromatic carbocycles. The Morgan fingerprint density at radius 3 is 2.53 bits per heavy atom. The Balaban J connectivity index is 1.63. The highest BCUT2D eigenvalue weighted by Crippen LogP contribution is 2.32. The van der Waals surface area contributed by atoms with E-state index in [0.29, 0.717) is 28.2 Å². The maximum absolute atomic E-state index is 13.2. The molecule has 1 atom stereocenters. The number of anilines is 1. The van der Waals surface area contributed by atoms with Crippen molar-refractivity contribution in [1.82, 2.24) is 25.3 Å². The first-order valence-corrected chi connectivity index (χ1v) is 11.3. The average molecular weight is 472 g/mol. The molecule has 8 heteroatoms. The number of carbonyl (C=O) groups is 1. The number of benzene rings is 2. The topological polar surface area (TPSA) is 130 Å². The van der Waals surface area contributed by atoms with Gasteiger partial charge in [0.2, 0.25) is 0 Å². The molecule has 0 saturated heterocycles. The third-order valence-corrected chi connectivity index (χ3v) is 5.76. The molecule has 5 rings (SSSR count). The zero-order chi connectivity index (χ0) is 25.1. The van der Waals surface area contributed by atoms with Crippen molar-refractivity contribution in [2.75, 3.05) is 5.73 Å². The molecule has 0 aliphatic rings. The Morgan fingerprint density at radius 2 is 1.72 bits per heavy atom. The van der Waals surface area contributed by atoms with E-state index >= 15 is 0 Å². The first-order valence-electron chi connectivity index (χ1n) is 11.3. The fourth-order valence-corrected chi connectivity index (χ4v) is 3.95. The van der Waals surface area contributed by atoms with Crippen LogP contribution in [0.1, 0.15) is 34.7 Å². The van der Waals surface area contributed by atoms with E-state index in [9.17, 15) is 10.1 Å². The van der Waals surface area contributed by atoms with Crippen molar-refractivity contribution in [3.05, 3.63) is 102 Å². The summed E-state index contributed by atoms with van der Waals surface area (Å²) in [5.74, 6) is -0.469. The highest BCUT2D eigenvalue weighted by Gasteiger charge is 2.22. The summed E-state index contributed by atoms with van der Waals surface area (Å²) in [4.78, 5) is 31.2. The molecule has 36 heavy (non-hydrogen) atoms. The van der Waals surface area contributed by atoms with Gasteiger partial charge in [-0.2, -0.15) is 5.26 Å². The van der Waals surface area contributed by atoms with E-state index in [1.54, 1.807) is 30.6 Å². The molecule has 0 radical (unpaired) electrons. The minimum Gasteiger partial charge on any atom is -0.382 e. The molecule has 5 aromatic rings. The summed E-state index contributed by atoms with van der Waals surface area (Å²) in [6, 6.07) is 23.8.